The third-order valence-corrected chi connectivity index (χ3v) is 3.77. The van der Waals surface area contributed by atoms with E-state index in [1.807, 2.05) is 0 Å². The molecule has 1 aliphatic rings. The Hall–Kier alpha value is -1.82. The Bertz CT molecular complexity index is 524. The van der Waals surface area contributed by atoms with Crippen LogP contribution in [0.25, 0.3) is 0 Å². The van der Waals surface area contributed by atoms with Crippen LogP contribution in [0.3, 0.4) is 0 Å². The number of rotatable bonds is 4. The SMILES string of the molecule is Cc1cc(C(=O)NCC(=O)NC2CCCCC2O)c(C)o1. The minimum absolute atomic E-state index is 0.105. The summed E-state index contributed by atoms with van der Waals surface area (Å²) in [5.41, 5.74) is 0.443. The summed E-state index contributed by atoms with van der Waals surface area (Å²) >= 11 is 0. The molecule has 1 fully saturated rings. The number of hydrogen-bond acceptors (Lipinski definition) is 4. The summed E-state index contributed by atoms with van der Waals surface area (Å²) in [6.07, 6.45) is 2.99. The highest BCUT2D eigenvalue weighted by Crippen LogP contribution is 2.18. The molecule has 0 spiro atoms. The minimum atomic E-state index is -0.489. The van der Waals surface area contributed by atoms with E-state index in [-0.39, 0.29) is 24.4 Å². The van der Waals surface area contributed by atoms with Crippen molar-refractivity contribution < 1.29 is 19.1 Å². The van der Waals surface area contributed by atoms with Crippen molar-refractivity contribution in [1.29, 1.82) is 0 Å². The number of carbonyl (C=O) groups is 2. The maximum atomic E-state index is 11.9. The van der Waals surface area contributed by atoms with Gasteiger partial charge in [0.05, 0.1) is 24.3 Å². The summed E-state index contributed by atoms with van der Waals surface area (Å²) in [6, 6.07) is 1.44. The van der Waals surface area contributed by atoms with Gasteiger partial charge in [-0.05, 0) is 32.8 Å². The molecule has 0 radical (unpaired) electrons. The Kier molecular flexibility index (Phi) is 5.01. The Labute approximate surface area is 123 Å². The number of aliphatic hydroxyl groups excluding tert-OH is 1. The van der Waals surface area contributed by atoms with E-state index in [4.69, 9.17) is 4.42 Å². The summed E-state index contributed by atoms with van der Waals surface area (Å²) in [7, 11) is 0. The van der Waals surface area contributed by atoms with E-state index in [1.54, 1.807) is 19.9 Å². The number of carbonyl (C=O) groups excluding carboxylic acids is 2. The lowest BCUT2D eigenvalue weighted by molar-refractivity contribution is -0.122. The van der Waals surface area contributed by atoms with Gasteiger partial charge in [0.25, 0.3) is 5.91 Å². The lowest BCUT2D eigenvalue weighted by atomic mass is 9.92. The van der Waals surface area contributed by atoms with Crippen LogP contribution in [0.4, 0.5) is 0 Å². The molecule has 0 aromatic carbocycles. The molecule has 0 aliphatic heterocycles. The molecule has 2 unspecified atom stereocenters. The molecular formula is C15H22N2O4. The third kappa shape index (κ3) is 4.07. The fraction of sp³-hybridized carbons (Fsp3) is 0.600. The molecule has 0 bridgehead atoms. The highest BCUT2D eigenvalue weighted by Gasteiger charge is 2.24. The van der Waals surface area contributed by atoms with Gasteiger partial charge in [-0.2, -0.15) is 0 Å². The summed E-state index contributed by atoms with van der Waals surface area (Å²) < 4.78 is 5.28. The highest BCUT2D eigenvalue weighted by molar-refractivity contribution is 5.97. The Balaban J connectivity index is 1.81. The van der Waals surface area contributed by atoms with Gasteiger partial charge < -0.3 is 20.2 Å². The molecule has 3 N–H and O–H groups in total. The quantitative estimate of drug-likeness (QED) is 0.774. The summed E-state index contributed by atoms with van der Waals surface area (Å²) in [4.78, 5) is 23.8. The first-order valence-corrected chi connectivity index (χ1v) is 7.30. The molecule has 2 rings (SSSR count). The van der Waals surface area contributed by atoms with Gasteiger partial charge in [-0.25, -0.2) is 0 Å². The zero-order valence-electron chi connectivity index (χ0n) is 12.4. The van der Waals surface area contributed by atoms with Crippen molar-refractivity contribution in [1.82, 2.24) is 10.6 Å². The van der Waals surface area contributed by atoms with Crippen molar-refractivity contribution in [3.63, 3.8) is 0 Å². The van der Waals surface area contributed by atoms with Crippen molar-refractivity contribution in [3.05, 3.63) is 23.2 Å². The van der Waals surface area contributed by atoms with Crippen LogP contribution in [0.15, 0.2) is 10.5 Å². The van der Waals surface area contributed by atoms with E-state index in [2.05, 4.69) is 10.6 Å². The molecule has 1 aliphatic carbocycles. The molecule has 6 heteroatoms. The fourth-order valence-electron chi connectivity index (χ4n) is 2.65. The number of amides is 2. The first-order chi connectivity index (χ1) is 9.97. The van der Waals surface area contributed by atoms with Gasteiger partial charge in [0.15, 0.2) is 0 Å². The molecule has 2 amide bonds. The number of aryl methyl sites for hydroxylation is 2. The maximum Gasteiger partial charge on any atom is 0.255 e. The topological polar surface area (TPSA) is 91.6 Å². The smallest absolute Gasteiger partial charge is 0.255 e. The first kappa shape index (κ1) is 15.6. The number of nitrogens with one attached hydrogen (secondary N) is 2. The van der Waals surface area contributed by atoms with E-state index in [0.717, 1.165) is 19.3 Å². The molecule has 1 saturated carbocycles. The van der Waals surface area contributed by atoms with Crippen LogP contribution < -0.4 is 10.6 Å². The van der Waals surface area contributed by atoms with Gasteiger partial charge in [-0.1, -0.05) is 12.8 Å². The van der Waals surface area contributed by atoms with Crippen LogP contribution in [0.2, 0.25) is 0 Å². The van der Waals surface area contributed by atoms with Crippen LogP contribution >= 0.6 is 0 Å². The molecule has 1 aromatic rings. The molecule has 1 aromatic heterocycles. The molecular weight excluding hydrogens is 272 g/mol. The normalized spacial score (nSPS) is 21.9. The highest BCUT2D eigenvalue weighted by atomic mass is 16.3. The van der Waals surface area contributed by atoms with E-state index >= 15 is 0 Å². The molecule has 1 heterocycles. The predicted molar refractivity (Wildman–Crippen MR) is 76.9 cm³/mol. The maximum absolute atomic E-state index is 11.9. The average Bonchev–Trinajstić information content (AvgIpc) is 2.78. The van der Waals surface area contributed by atoms with Crippen LogP contribution in [-0.2, 0) is 4.79 Å². The fourth-order valence-corrected chi connectivity index (χ4v) is 2.65. The standard InChI is InChI=1S/C15H22N2O4/c1-9-7-11(10(2)21-9)15(20)16-8-14(19)17-12-5-3-4-6-13(12)18/h7,12-13,18H,3-6,8H2,1-2H3,(H,16,20)(H,17,19). The number of aliphatic hydroxyl groups is 1. The van der Waals surface area contributed by atoms with Crippen LogP contribution in [0.1, 0.15) is 47.6 Å². The van der Waals surface area contributed by atoms with E-state index in [1.165, 1.54) is 0 Å². The van der Waals surface area contributed by atoms with Gasteiger partial charge in [-0.3, -0.25) is 9.59 Å². The van der Waals surface area contributed by atoms with Gasteiger partial charge in [0.2, 0.25) is 5.91 Å². The molecule has 21 heavy (non-hydrogen) atoms. The van der Waals surface area contributed by atoms with Crippen molar-refractivity contribution in [2.45, 2.75) is 51.7 Å². The van der Waals surface area contributed by atoms with Gasteiger partial charge in [0, 0.05) is 0 Å². The van der Waals surface area contributed by atoms with Crippen LogP contribution in [0, 0.1) is 13.8 Å². The second-order valence-corrected chi connectivity index (χ2v) is 5.54. The van der Waals surface area contributed by atoms with Crippen molar-refractivity contribution in [2.75, 3.05) is 6.54 Å². The van der Waals surface area contributed by atoms with Gasteiger partial charge in [0.1, 0.15) is 11.5 Å². The Morgan fingerprint density at radius 2 is 2.05 bits per heavy atom. The van der Waals surface area contributed by atoms with Crippen LogP contribution in [0.5, 0.6) is 0 Å². The van der Waals surface area contributed by atoms with Crippen molar-refractivity contribution >= 4 is 11.8 Å². The average molecular weight is 294 g/mol. The van der Waals surface area contributed by atoms with Crippen molar-refractivity contribution in [3.8, 4) is 0 Å². The lowest BCUT2D eigenvalue weighted by Gasteiger charge is -2.28. The van der Waals surface area contributed by atoms with Gasteiger partial charge >= 0.3 is 0 Å². The second kappa shape index (κ2) is 6.76. The largest absolute Gasteiger partial charge is 0.466 e. The minimum Gasteiger partial charge on any atom is -0.466 e. The van der Waals surface area contributed by atoms with E-state index in [0.29, 0.717) is 23.5 Å². The zero-order chi connectivity index (χ0) is 15.4. The molecule has 0 saturated heterocycles. The van der Waals surface area contributed by atoms with Gasteiger partial charge in [-0.15, -0.1) is 0 Å². The monoisotopic (exact) mass is 294 g/mol. The lowest BCUT2D eigenvalue weighted by Crippen LogP contribution is -2.48. The Morgan fingerprint density at radius 1 is 1.33 bits per heavy atom. The van der Waals surface area contributed by atoms with Crippen molar-refractivity contribution in [2.24, 2.45) is 0 Å². The van der Waals surface area contributed by atoms with Crippen LogP contribution in [-0.4, -0.2) is 35.6 Å². The molecule has 6 nitrogen and oxygen atoms in total. The Morgan fingerprint density at radius 3 is 2.67 bits per heavy atom. The summed E-state index contributed by atoms with van der Waals surface area (Å²) in [5.74, 6) is 0.580. The molecule has 2 atom stereocenters. The number of furan rings is 1. The summed E-state index contributed by atoms with van der Waals surface area (Å²) in [5, 5.41) is 15.1. The third-order valence-electron chi connectivity index (χ3n) is 3.77. The second-order valence-electron chi connectivity index (χ2n) is 5.54. The van der Waals surface area contributed by atoms with E-state index in [9.17, 15) is 14.7 Å². The summed E-state index contributed by atoms with van der Waals surface area (Å²) in [6.45, 7) is 3.37. The first-order valence-electron chi connectivity index (χ1n) is 7.30. The molecule has 116 valence electrons. The number of hydrogen-bond donors (Lipinski definition) is 3. The predicted octanol–water partition coefficient (Wildman–Crippen LogP) is 1.05. The van der Waals surface area contributed by atoms with E-state index < -0.39 is 6.10 Å². The zero-order valence-corrected chi connectivity index (χ0v) is 12.4.